The van der Waals surface area contributed by atoms with Crippen molar-refractivity contribution >= 4 is 10.9 Å². The first-order valence-corrected chi connectivity index (χ1v) is 6.81. The summed E-state index contributed by atoms with van der Waals surface area (Å²) in [5.74, 6) is 0. The van der Waals surface area contributed by atoms with Crippen molar-refractivity contribution in [1.82, 2.24) is 9.88 Å². The molecule has 19 heavy (non-hydrogen) atoms. The average molecular weight is 258 g/mol. The number of rotatable bonds is 4. The number of aryl methyl sites for hydroxylation is 1. The Kier molecular flexibility index (Phi) is 4.05. The molecule has 1 heterocycles. The summed E-state index contributed by atoms with van der Waals surface area (Å²) in [6, 6.07) is 11.6. The van der Waals surface area contributed by atoms with Crippen LogP contribution < -0.4 is 10.9 Å². The first-order valence-electron chi connectivity index (χ1n) is 6.81. The van der Waals surface area contributed by atoms with Gasteiger partial charge in [0.2, 0.25) is 0 Å². The minimum atomic E-state index is 0.0782. The minimum Gasteiger partial charge on any atom is -0.312 e. The average Bonchev–Trinajstić information content (AvgIpc) is 2.35. The number of nitrogens with one attached hydrogen (secondary N) is 1. The van der Waals surface area contributed by atoms with Gasteiger partial charge in [-0.2, -0.15) is 0 Å². The van der Waals surface area contributed by atoms with E-state index in [-0.39, 0.29) is 11.1 Å². The summed E-state index contributed by atoms with van der Waals surface area (Å²) in [5.41, 5.74) is 1.23. The molecule has 0 aliphatic rings. The van der Waals surface area contributed by atoms with Crippen LogP contribution in [0.25, 0.3) is 10.9 Å². The summed E-state index contributed by atoms with van der Waals surface area (Å²) in [6.45, 7) is 8.12. The molecule has 0 spiro atoms. The zero-order valence-electron chi connectivity index (χ0n) is 11.9. The molecule has 2 rings (SSSR count). The van der Waals surface area contributed by atoms with Crippen molar-refractivity contribution in [2.24, 2.45) is 0 Å². The van der Waals surface area contributed by atoms with Crippen LogP contribution in [0, 0.1) is 0 Å². The van der Waals surface area contributed by atoms with Gasteiger partial charge in [0, 0.05) is 18.2 Å². The first kappa shape index (κ1) is 13.8. The van der Waals surface area contributed by atoms with Crippen molar-refractivity contribution in [2.45, 2.75) is 39.3 Å². The molecule has 102 valence electrons. The van der Waals surface area contributed by atoms with Crippen LogP contribution in [0.2, 0.25) is 0 Å². The van der Waals surface area contributed by atoms with Gasteiger partial charge in [0.05, 0.1) is 5.52 Å². The molecule has 2 aromatic rings. The van der Waals surface area contributed by atoms with Gasteiger partial charge in [0.15, 0.2) is 0 Å². The fourth-order valence-corrected chi connectivity index (χ4v) is 2.18. The van der Waals surface area contributed by atoms with E-state index in [0.717, 1.165) is 30.4 Å². The third-order valence-electron chi connectivity index (χ3n) is 3.11. The van der Waals surface area contributed by atoms with Crippen LogP contribution in [0.4, 0.5) is 0 Å². The molecule has 0 saturated carbocycles. The van der Waals surface area contributed by atoms with Gasteiger partial charge in [-0.05, 0) is 51.3 Å². The van der Waals surface area contributed by atoms with Gasteiger partial charge in [-0.3, -0.25) is 4.79 Å². The van der Waals surface area contributed by atoms with Crippen LogP contribution in [0.5, 0.6) is 0 Å². The van der Waals surface area contributed by atoms with E-state index in [1.165, 1.54) is 0 Å². The highest BCUT2D eigenvalue weighted by Crippen LogP contribution is 2.11. The highest BCUT2D eigenvalue weighted by molar-refractivity contribution is 5.78. The Balaban J connectivity index is 2.12. The van der Waals surface area contributed by atoms with Crippen LogP contribution in [-0.2, 0) is 6.54 Å². The van der Waals surface area contributed by atoms with Crippen molar-refractivity contribution in [3.8, 4) is 0 Å². The van der Waals surface area contributed by atoms with Gasteiger partial charge in [0.1, 0.15) is 0 Å². The molecule has 0 unspecified atom stereocenters. The molecule has 0 fully saturated rings. The lowest BCUT2D eigenvalue weighted by atomic mass is 10.1. The number of pyridine rings is 1. The van der Waals surface area contributed by atoms with Gasteiger partial charge in [-0.15, -0.1) is 0 Å². The zero-order valence-corrected chi connectivity index (χ0v) is 11.9. The topological polar surface area (TPSA) is 34.0 Å². The monoisotopic (exact) mass is 258 g/mol. The van der Waals surface area contributed by atoms with Crippen LogP contribution in [0.3, 0.4) is 0 Å². The van der Waals surface area contributed by atoms with Crippen LogP contribution in [-0.4, -0.2) is 16.7 Å². The minimum absolute atomic E-state index is 0.0782. The molecule has 0 atom stereocenters. The summed E-state index contributed by atoms with van der Waals surface area (Å²) in [7, 11) is 0. The largest absolute Gasteiger partial charge is 0.312 e. The van der Waals surface area contributed by atoms with Gasteiger partial charge < -0.3 is 9.88 Å². The number of aromatic nitrogens is 1. The molecule has 3 heteroatoms. The summed E-state index contributed by atoms with van der Waals surface area (Å²) in [6.07, 6.45) is 0.950. The van der Waals surface area contributed by atoms with E-state index in [2.05, 4.69) is 26.1 Å². The quantitative estimate of drug-likeness (QED) is 0.856. The van der Waals surface area contributed by atoms with Gasteiger partial charge >= 0.3 is 0 Å². The van der Waals surface area contributed by atoms with Crippen molar-refractivity contribution < 1.29 is 0 Å². The first-order chi connectivity index (χ1) is 8.97. The molecule has 0 aliphatic carbocycles. The Morgan fingerprint density at radius 3 is 2.58 bits per heavy atom. The third-order valence-corrected chi connectivity index (χ3v) is 3.11. The van der Waals surface area contributed by atoms with Crippen molar-refractivity contribution in [3.63, 3.8) is 0 Å². The van der Waals surface area contributed by atoms with Gasteiger partial charge in [0.25, 0.3) is 5.56 Å². The second-order valence-electron chi connectivity index (χ2n) is 5.91. The third kappa shape index (κ3) is 3.67. The molecular weight excluding hydrogens is 236 g/mol. The van der Waals surface area contributed by atoms with E-state index in [1.54, 1.807) is 6.07 Å². The van der Waals surface area contributed by atoms with Crippen molar-refractivity contribution in [1.29, 1.82) is 0 Å². The molecule has 1 N–H and O–H groups in total. The van der Waals surface area contributed by atoms with E-state index >= 15 is 0 Å². The van der Waals surface area contributed by atoms with Gasteiger partial charge in [-0.1, -0.05) is 18.2 Å². The highest BCUT2D eigenvalue weighted by Gasteiger charge is 2.08. The van der Waals surface area contributed by atoms with Crippen LogP contribution in [0.1, 0.15) is 27.2 Å². The second kappa shape index (κ2) is 5.57. The molecule has 0 bridgehead atoms. The Morgan fingerprint density at radius 2 is 1.84 bits per heavy atom. The summed E-state index contributed by atoms with van der Waals surface area (Å²) < 4.78 is 1.86. The number of para-hydroxylation sites is 1. The molecule has 0 amide bonds. The lowest BCUT2D eigenvalue weighted by molar-refractivity contribution is 0.414. The van der Waals surface area contributed by atoms with Crippen LogP contribution in [0.15, 0.2) is 41.2 Å². The Labute approximate surface area is 114 Å². The SMILES string of the molecule is CC(C)(C)NCCCn1c(=O)ccc2ccccc21. The molecule has 1 aromatic heterocycles. The second-order valence-corrected chi connectivity index (χ2v) is 5.91. The predicted octanol–water partition coefficient (Wildman–Crippen LogP) is 2.78. The van der Waals surface area contributed by atoms with Crippen LogP contribution >= 0.6 is 0 Å². The maximum atomic E-state index is 12.0. The Morgan fingerprint density at radius 1 is 1.11 bits per heavy atom. The van der Waals surface area contributed by atoms with E-state index < -0.39 is 0 Å². The van der Waals surface area contributed by atoms with E-state index in [0.29, 0.717) is 0 Å². The fraction of sp³-hybridized carbons (Fsp3) is 0.438. The fourth-order valence-electron chi connectivity index (χ4n) is 2.18. The van der Waals surface area contributed by atoms with Crippen molar-refractivity contribution in [3.05, 3.63) is 46.8 Å². The normalized spacial score (nSPS) is 11.9. The number of benzene rings is 1. The van der Waals surface area contributed by atoms with E-state index in [1.807, 2.05) is 34.9 Å². The Hall–Kier alpha value is -1.61. The molecule has 0 saturated heterocycles. The highest BCUT2D eigenvalue weighted by atomic mass is 16.1. The summed E-state index contributed by atoms with van der Waals surface area (Å²) in [4.78, 5) is 12.0. The zero-order chi connectivity index (χ0) is 13.9. The molecule has 3 nitrogen and oxygen atoms in total. The maximum Gasteiger partial charge on any atom is 0.251 e. The maximum absolute atomic E-state index is 12.0. The van der Waals surface area contributed by atoms with E-state index in [4.69, 9.17) is 0 Å². The Bertz CT molecular complexity index is 608. The molecule has 1 aromatic carbocycles. The van der Waals surface area contributed by atoms with Gasteiger partial charge in [-0.25, -0.2) is 0 Å². The van der Waals surface area contributed by atoms with Crippen molar-refractivity contribution in [2.75, 3.05) is 6.54 Å². The number of nitrogens with zero attached hydrogens (tertiary/aromatic N) is 1. The smallest absolute Gasteiger partial charge is 0.251 e. The molecular formula is C16H22N2O. The lowest BCUT2D eigenvalue weighted by Gasteiger charge is -2.20. The molecule has 0 radical (unpaired) electrons. The lowest BCUT2D eigenvalue weighted by Crippen LogP contribution is -2.37. The predicted molar refractivity (Wildman–Crippen MR) is 80.6 cm³/mol. The van der Waals surface area contributed by atoms with E-state index in [9.17, 15) is 4.79 Å². The number of hydrogen-bond donors (Lipinski definition) is 1. The number of hydrogen-bond acceptors (Lipinski definition) is 2. The summed E-state index contributed by atoms with van der Waals surface area (Å²) in [5, 5.41) is 4.56. The number of fused-ring (bicyclic) bond motifs is 1. The standard InChI is InChI=1S/C16H22N2O/c1-16(2,3)17-11-6-12-18-14-8-5-4-7-13(14)9-10-15(18)19/h4-5,7-10,17H,6,11-12H2,1-3H3. The summed E-state index contributed by atoms with van der Waals surface area (Å²) >= 11 is 0. The molecule has 0 aliphatic heterocycles.